The highest BCUT2D eigenvalue weighted by atomic mass is 79.9. The molecule has 0 spiro atoms. The van der Waals surface area contributed by atoms with Crippen molar-refractivity contribution in [2.45, 2.75) is 0 Å². The van der Waals surface area contributed by atoms with Crippen molar-refractivity contribution in [1.82, 2.24) is 5.32 Å². The van der Waals surface area contributed by atoms with Gasteiger partial charge in [-0.25, -0.2) is 4.79 Å². The summed E-state index contributed by atoms with van der Waals surface area (Å²) in [4.78, 5) is 23.3. The summed E-state index contributed by atoms with van der Waals surface area (Å²) in [7, 11) is 1.53. The first-order valence-corrected chi connectivity index (χ1v) is 8.80. The van der Waals surface area contributed by atoms with Crippen molar-refractivity contribution < 1.29 is 19.4 Å². The molecule has 0 aromatic heterocycles. The van der Waals surface area contributed by atoms with E-state index in [1.54, 1.807) is 24.3 Å². The van der Waals surface area contributed by atoms with Gasteiger partial charge in [-0.05, 0) is 80.5 Å². The summed E-state index contributed by atoms with van der Waals surface area (Å²) in [6.45, 7) is 0. The Bertz CT molecular complexity index is 858. The molecular weight excluding hydrogens is 476 g/mol. The zero-order valence-corrected chi connectivity index (χ0v) is 16.8. The van der Waals surface area contributed by atoms with Gasteiger partial charge in [0.2, 0.25) is 0 Å². The van der Waals surface area contributed by atoms with E-state index in [0.29, 0.717) is 25.9 Å². The number of anilines is 1. The third kappa shape index (κ3) is 5.00. The molecule has 9 heteroatoms. The number of aromatic carboxylic acids is 1. The number of methoxy groups -OCH3 is 1. The SMILES string of the molecule is COc1ccc(C(=O)NC(=S)Nc2cc(C(=O)O)ccc2Br)cc1Br. The molecule has 3 N–H and O–H groups in total. The highest BCUT2D eigenvalue weighted by Gasteiger charge is 2.12. The van der Waals surface area contributed by atoms with Crippen LogP contribution < -0.4 is 15.4 Å². The lowest BCUT2D eigenvalue weighted by Crippen LogP contribution is -2.34. The quantitative estimate of drug-likeness (QED) is 0.564. The maximum atomic E-state index is 12.3. The van der Waals surface area contributed by atoms with E-state index in [2.05, 4.69) is 42.5 Å². The molecule has 0 saturated heterocycles. The minimum absolute atomic E-state index is 0.0418. The van der Waals surface area contributed by atoms with E-state index in [1.807, 2.05) is 0 Å². The highest BCUT2D eigenvalue weighted by Crippen LogP contribution is 2.26. The molecule has 0 aliphatic heterocycles. The number of nitrogens with one attached hydrogen (secondary N) is 2. The third-order valence-electron chi connectivity index (χ3n) is 3.10. The van der Waals surface area contributed by atoms with Crippen molar-refractivity contribution in [3.8, 4) is 5.75 Å². The van der Waals surface area contributed by atoms with Gasteiger partial charge in [0, 0.05) is 10.0 Å². The van der Waals surface area contributed by atoms with E-state index < -0.39 is 11.9 Å². The fourth-order valence-electron chi connectivity index (χ4n) is 1.89. The predicted molar refractivity (Wildman–Crippen MR) is 105 cm³/mol. The predicted octanol–water partition coefficient (Wildman–Crippen LogP) is 4.05. The molecule has 0 radical (unpaired) electrons. The molecule has 0 fully saturated rings. The normalized spacial score (nSPS) is 10.0. The highest BCUT2D eigenvalue weighted by molar-refractivity contribution is 9.11. The topological polar surface area (TPSA) is 87.7 Å². The Morgan fingerprint density at radius 3 is 2.36 bits per heavy atom. The van der Waals surface area contributed by atoms with E-state index in [9.17, 15) is 9.59 Å². The minimum Gasteiger partial charge on any atom is -0.496 e. The Hall–Kier alpha value is -1.97. The number of amides is 1. The molecule has 6 nitrogen and oxygen atoms in total. The number of hydrogen-bond donors (Lipinski definition) is 3. The number of hydrogen-bond acceptors (Lipinski definition) is 4. The van der Waals surface area contributed by atoms with Gasteiger partial charge in [-0.3, -0.25) is 10.1 Å². The number of ether oxygens (including phenoxy) is 1. The van der Waals surface area contributed by atoms with Gasteiger partial charge in [0.05, 0.1) is 22.8 Å². The van der Waals surface area contributed by atoms with Gasteiger partial charge in [0.25, 0.3) is 5.91 Å². The van der Waals surface area contributed by atoms with Gasteiger partial charge in [0.1, 0.15) is 5.75 Å². The Morgan fingerprint density at radius 1 is 1.08 bits per heavy atom. The van der Waals surface area contributed by atoms with Crippen LogP contribution >= 0.6 is 44.1 Å². The van der Waals surface area contributed by atoms with E-state index >= 15 is 0 Å². The number of carboxylic acid groups (broad SMARTS) is 1. The summed E-state index contributed by atoms with van der Waals surface area (Å²) < 4.78 is 6.36. The molecule has 0 heterocycles. The van der Waals surface area contributed by atoms with Crippen molar-refractivity contribution in [3.05, 3.63) is 56.5 Å². The second-order valence-electron chi connectivity index (χ2n) is 4.76. The summed E-state index contributed by atoms with van der Waals surface area (Å²) in [5.41, 5.74) is 0.912. The molecule has 1 amide bonds. The van der Waals surface area contributed by atoms with E-state index in [4.69, 9.17) is 22.1 Å². The molecule has 0 unspecified atom stereocenters. The molecule has 0 aliphatic rings. The van der Waals surface area contributed by atoms with Crippen LogP contribution in [0.4, 0.5) is 5.69 Å². The Kier molecular flexibility index (Phi) is 6.51. The second kappa shape index (κ2) is 8.41. The zero-order valence-electron chi connectivity index (χ0n) is 12.8. The Morgan fingerprint density at radius 2 is 1.76 bits per heavy atom. The molecule has 2 rings (SSSR count). The van der Waals surface area contributed by atoms with Crippen molar-refractivity contribution in [2.24, 2.45) is 0 Å². The van der Waals surface area contributed by atoms with Gasteiger partial charge < -0.3 is 15.2 Å². The van der Waals surface area contributed by atoms with Crippen molar-refractivity contribution in [1.29, 1.82) is 0 Å². The lowest BCUT2D eigenvalue weighted by molar-refractivity contribution is 0.0696. The van der Waals surface area contributed by atoms with Crippen LogP contribution in [0.25, 0.3) is 0 Å². The summed E-state index contributed by atoms with van der Waals surface area (Å²) in [5, 5.41) is 14.4. The molecule has 0 aliphatic carbocycles. The van der Waals surface area contributed by atoms with E-state index in [-0.39, 0.29) is 10.7 Å². The first-order chi connectivity index (χ1) is 11.8. The Labute approximate surface area is 165 Å². The number of rotatable bonds is 4. The van der Waals surface area contributed by atoms with Crippen LogP contribution in [0.5, 0.6) is 5.75 Å². The van der Waals surface area contributed by atoms with Crippen LogP contribution in [0.15, 0.2) is 45.3 Å². The lowest BCUT2D eigenvalue weighted by Gasteiger charge is -2.12. The molecular formula is C16H12Br2N2O4S. The number of halogens is 2. The van der Waals surface area contributed by atoms with Gasteiger partial charge in [-0.15, -0.1) is 0 Å². The van der Waals surface area contributed by atoms with E-state index in [1.165, 1.54) is 19.2 Å². The maximum absolute atomic E-state index is 12.3. The molecule has 0 saturated carbocycles. The summed E-state index contributed by atoms with van der Waals surface area (Å²) >= 11 is 11.7. The van der Waals surface area contributed by atoms with Crippen LogP contribution in [-0.4, -0.2) is 29.2 Å². The number of benzene rings is 2. The average Bonchev–Trinajstić information content (AvgIpc) is 2.56. The van der Waals surface area contributed by atoms with Crippen molar-refractivity contribution in [3.63, 3.8) is 0 Å². The second-order valence-corrected chi connectivity index (χ2v) is 6.87. The van der Waals surface area contributed by atoms with Crippen LogP contribution in [0.3, 0.4) is 0 Å². The first kappa shape index (κ1) is 19.4. The smallest absolute Gasteiger partial charge is 0.335 e. The summed E-state index contributed by atoms with van der Waals surface area (Å²) in [6.07, 6.45) is 0. The zero-order chi connectivity index (χ0) is 18.6. The number of thiocarbonyl (C=S) groups is 1. The average molecular weight is 488 g/mol. The molecule has 2 aromatic carbocycles. The maximum Gasteiger partial charge on any atom is 0.335 e. The van der Waals surface area contributed by atoms with Crippen molar-refractivity contribution >= 4 is 66.8 Å². The molecule has 0 bridgehead atoms. The largest absolute Gasteiger partial charge is 0.496 e. The molecule has 0 atom stereocenters. The number of carbonyl (C=O) groups excluding carboxylic acids is 1. The monoisotopic (exact) mass is 486 g/mol. The van der Waals surface area contributed by atoms with Gasteiger partial charge in [0.15, 0.2) is 5.11 Å². The van der Waals surface area contributed by atoms with Crippen LogP contribution in [0.1, 0.15) is 20.7 Å². The molecule has 25 heavy (non-hydrogen) atoms. The van der Waals surface area contributed by atoms with Gasteiger partial charge >= 0.3 is 5.97 Å². The number of carbonyl (C=O) groups is 2. The number of carboxylic acids is 1. The van der Waals surface area contributed by atoms with Crippen LogP contribution in [0.2, 0.25) is 0 Å². The van der Waals surface area contributed by atoms with Crippen LogP contribution in [0, 0.1) is 0 Å². The van der Waals surface area contributed by atoms with E-state index in [0.717, 1.165) is 0 Å². The van der Waals surface area contributed by atoms with Gasteiger partial charge in [-0.2, -0.15) is 0 Å². The molecule has 130 valence electrons. The molecule has 2 aromatic rings. The fourth-order valence-corrected chi connectivity index (χ4v) is 2.98. The first-order valence-electron chi connectivity index (χ1n) is 6.80. The van der Waals surface area contributed by atoms with Crippen molar-refractivity contribution in [2.75, 3.05) is 12.4 Å². The van der Waals surface area contributed by atoms with Crippen LogP contribution in [-0.2, 0) is 0 Å². The standard InChI is InChI=1S/C16H12Br2N2O4S/c1-24-13-5-3-8(6-11(13)18)14(21)20-16(25)19-12-7-9(15(22)23)2-4-10(12)17/h2-7H,1H3,(H,22,23)(H2,19,20,21,25). The summed E-state index contributed by atoms with van der Waals surface area (Å²) in [6, 6.07) is 9.31. The third-order valence-corrected chi connectivity index (χ3v) is 4.62. The fraction of sp³-hybridized carbons (Fsp3) is 0.0625. The van der Waals surface area contributed by atoms with Gasteiger partial charge in [-0.1, -0.05) is 0 Å². The summed E-state index contributed by atoms with van der Waals surface area (Å²) in [5.74, 6) is -0.869. The Balaban J connectivity index is 2.10. The lowest BCUT2D eigenvalue weighted by atomic mass is 10.2. The minimum atomic E-state index is -1.06.